The van der Waals surface area contributed by atoms with Gasteiger partial charge in [0, 0.05) is 13.5 Å². The first-order valence-electron chi connectivity index (χ1n) is 8.11. The molecule has 1 fully saturated rings. The topological polar surface area (TPSA) is 78.5 Å². The monoisotopic (exact) mass is 333 g/mol. The molecule has 1 unspecified atom stereocenters. The third-order valence-corrected chi connectivity index (χ3v) is 4.68. The number of fused-ring (bicyclic) bond motifs is 1. The van der Waals surface area contributed by atoms with Crippen molar-refractivity contribution in [3.63, 3.8) is 0 Å². The summed E-state index contributed by atoms with van der Waals surface area (Å²) in [5, 5.41) is 5.45. The van der Waals surface area contributed by atoms with E-state index in [0.29, 0.717) is 6.42 Å². The van der Waals surface area contributed by atoms with E-state index in [-0.39, 0.29) is 24.2 Å². The Hall–Kier alpha value is -2.44. The summed E-state index contributed by atoms with van der Waals surface area (Å²) in [6.07, 6.45) is 3.02. The van der Waals surface area contributed by atoms with Gasteiger partial charge in [-0.15, -0.1) is 0 Å². The number of imide groups is 1. The zero-order valence-corrected chi connectivity index (χ0v) is 13.5. The average molecular weight is 333 g/mol. The van der Waals surface area contributed by atoms with Crippen molar-refractivity contribution in [3.05, 3.63) is 35.1 Å². The van der Waals surface area contributed by atoms with Crippen LogP contribution in [0.15, 0.2) is 18.2 Å². The molecule has 2 atom stereocenters. The van der Waals surface area contributed by atoms with Crippen LogP contribution in [-0.2, 0) is 16.0 Å². The van der Waals surface area contributed by atoms with Crippen LogP contribution in [-0.4, -0.2) is 35.8 Å². The van der Waals surface area contributed by atoms with Crippen LogP contribution in [0, 0.1) is 5.82 Å². The molecular weight excluding hydrogens is 313 g/mol. The smallest absolute Gasteiger partial charge is 0.315 e. The molecule has 2 N–H and O–H groups in total. The van der Waals surface area contributed by atoms with Gasteiger partial charge in [0.1, 0.15) is 11.9 Å². The number of aryl methyl sites for hydroxylation is 1. The highest BCUT2D eigenvalue weighted by molar-refractivity contribution is 6.01. The van der Waals surface area contributed by atoms with E-state index in [1.165, 1.54) is 19.2 Å². The van der Waals surface area contributed by atoms with Crippen molar-refractivity contribution in [2.24, 2.45) is 0 Å². The van der Waals surface area contributed by atoms with Crippen LogP contribution in [0.3, 0.4) is 0 Å². The lowest BCUT2D eigenvalue weighted by molar-refractivity contribution is -0.147. The highest BCUT2D eigenvalue weighted by atomic mass is 19.1. The van der Waals surface area contributed by atoms with E-state index in [1.807, 2.05) is 0 Å². The van der Waals surface area contributed by atoms with Gasteiger partial charge in [-0.2, -0.15) is 0 Å². The third kappa shape index (κ3) is 3.25. The highest BCUT2D eigenvalue weighted by Gasteiger charge is 2.33. The zero-order valence-electron chi connectivity index (χ0n) is 13.5. The molecule has 1 aromatic rings. The number of carbonyl (C=O) groups excluding carboxylic acids is 3. The van der Waals surface area contributed by atoms with Gasteiger partial charge in [-0.1, -0.05) is 6.07 Å². The molecular formula is C17H20FN3O3. The lowest BCUT2D eigenvalue weighted by atomic mass is 9.87. The van der Waals surface area contributed by atoms with E-state index in [2.05, 4.69) is 10.6 Å². The fourth-order valence-corrected chi connectivity index (χ4v) is 3.33. The highest BCUT2D eigenvalue weighted by Crippen LogP contribution is 2.30. The molecule has 1 aliphatic heterocycles. The maximum Gasteiger partial charge on any atom is 0.315 e. The molecule has 6 nitrogen and oxygen atoms in total. The molecule has 2 aliphatic rings. The first-order chi connectivity index (χ1) is 11.5. The predicted octanol–water partition coefficient (Wildman–Crippen LogP) is 1.65. The van der Waals surface area contributed by atoms with Gasteiger partial charge >= 0.3 is 6.03 Å². The van der Waals surface area contributed by atoms with E-state index in [1.54, 1.807) is 6.07 Å². The van der Waals surface area contributed by atoms with Crippen molar-refractivity contribution in [1.29, 1.82) is 0 Å². The summed E-state index contributed by atoms with van der Waals surface area (Å²) in [6, 6.07) is 3.18. The van der Waals surface area contributed by atoms with Crippen LogP contribution < -0.4 is 10.6 Å². The summed E-state index contributed by atoms with van der Waals surface area (Å²) in [6.45, 7) is 0. The van der Waals surface area contributed by atoms with Crippen LogP contribution in [0.1, 0.15) is 42.9 Å². The van der Waals surface area contributed by atoms with Gasteiger partial charge in [0.15, 0.2) is 0 Å². The van der Waals surface area contributed by atoms with Gasteiger partial charge < -0.3 is 10.6 Å². The molecule has 1 aliphatic carbocycles. The quantitative estimate of drug-likeness (QED) is 0.808. The number of urea groups is 1. The number of hydrogen-bond acceptors (Lipinski definition) is 3. The Morgan fingerprint density at radius 1 is 1.17 bits per heavy atom. The van der Waals surface area contributed by atoms with Crippen molar-refractivity contribution in [3.8, 4) is 0 Å². The molecule has 0 spiro atoms. The Kier molecular flexibility index (Phi) is 4.51. The van der Waals surface area contributed by atoms with Crippen molar-refractivity contribution in [2.45, 2.75) is 44.2 Å². The van der Waals surface area contributed by atoms with Crippen molar-refractivity contribution in [2.75, 3.05) is 7.05 Å². The fourth-order valence-electron chi connectivity index (χ4n) is 3.33. The first kappa shape index (κ1) is 16.4. The second-order valence-corrected chi connectivity index (χ2v) is 6.29. The molecule has 128 valence electrons. The van der Waals surface area contributed by atoms with Crippen molar-refractivity contribution in [1.82, 2.24) is 15.5 Å². The molecule has 0 bridgehead atoms. The average Bonchev–Trinajstić information content (AvgIpc) is 2.56. The Balaban J connectivity index is 1.65. The Labute approximate surface area is 139 Å². The number of carbonyl (C=O) groups is 3. The van der Waals surface area contributed by atoms with E-state index in [0.717, 1.165) is 35.3 Å². The fraction of sp³-hybridized carbons (Fsp3) is 0.471. The number of halogens is 1. The van der Waals surface area contributed by atoms with Crippen LogP contribution in [0.5, 0.6) is 0 Å². The lowest BCUT2D eigenvalue weighted by Gasteiger charge is -2.30. The Morgan fingerprint density at radius 2 is 1.92 bits per heavy atom. The molecule has 1 aromatic carbocycles. The summed E-state index contributed by atoms with van der Waals surface area (Å²) < 4.78 is 13.5. The summed E-state index contributed by atoms with van der Waals surface area (Å²) in [5.74, 6) is -0.975. The molecule has 0 aromatic heterocycles. The predicted molar refractivity (Wildman–Crippen MR) is 84.5 cm³/mol. The summed E-state index contributed by atoms with van der Waals surface area (Å²) in [4.78, 5) is 36.8. The maximum absolute atomic E-state index is 13.5. The van der Waals surface area contributed by atoms with Crippen LogP contribution >= 0.6 is 0 Å². The van der Waals surface area contributed by atoms with Crippen LogP contribution in [0.25, 0.3) is 0 Å². The Bertz CT molecular complexity index is 692. The number of likely N-dealkylation sites (tertiary alicyclic amines) is 1. The van der Waals surface area contributed by atoms with Crippen molar-refractivity contribution < 1.29 is 18.8 Å². The van der Waals surface area contributed by atoms with E-state index in [4.69, 9.17) is 0 Å². The number of benzene rings is 1. The van der Waals surface area contributed by atoms with Gasteiger partial charge in [0.2, 0.25) is 5.91 Å². The number of hydrogen-bond donors (Lipinski definition) is 2. The number of nitrogens with one attached hydrogen (secondary N) is 2. The van der Waals surface area contributed by atoms with Crippen LogP contribution in [0.2, 0.25) is 0 Å². The maximum atomic E-state index is 13.5. The van der Waals surface area contributed by atoms with E-state index in [9.17, 15) is 18.8 Å². The van der Waals surface area contributed by atoms with Crippen molar-refractivity contribution >= 4 is 17.8 Å². The van der Waals surface area contributed by atoms with Gasteiger partial charge in [-0.05, 0) is 48.9 Å². The molecule has 3 rings (SSSR count). The largest absolute Gasteiger partial charge is 0.331 e. The van der Waals surface area contributed by atoms with Gasteiger partial charge in [-0.25, -0.2) is 9.18 Å². The van der Waals surface area contributed by atoms with Gasteiger partial charge in [0.05, 0.1) is 6.04 Å². The molecule has 0 radical (unpaired) electrons. The lowest BCUT2D eigenvalue weighted by Crippen LogP contribution is -2.55. The summed E-state index contributed by atoms with van der Waals surface area (Å²) >= 11 is 0. The molecule has 1 saturated heterocycles. The zero-order chi connectivity index (χ0) is 17.3. The second-order valence-electron chi connectivity index (χ2n) is 6.29. The van der Waals surface area contributed by atoms with E-state index < -0.39 is 18.0 Å². The number of piperidine rings is 1. The molecule has 7 heteroatoms. The number of likely N-dealkylation sites (N-methyl/N-ethyl adjacent to an activating group) is 1. The molecule has 4 amide bonds. The number of nitrogens with zero attached hydrogens (tertiary/aromatic N) is 1. The normalized spacial score (nSPS) is 23.7. The van der Waals surface area contributed by atoms with Gasteiger partial charge in [0.25, 0.3) is 5.91 Å². The molecule has 1 heterocycles. The SMILES string of the molecule is CN1C(=O)CCC(NC(=O)N[C@@H]2CCCc3ccc(F)cc32)C1=O. The van der Waals surface area contributed by atoms with E-state index >= 15 is 0 Å². The van der Waals surface area contributed by atoms with Gasteiger partial charge in [-0.3, -0.25) is 14.5 Å². The minimum atomic E-state index is -0.705. The minimum Gasteiger partial charge on any atom is -0.331 e. The molecule has 24 heavy (non-hydrogen) atoms. The minimum absolute atomic E-state index is 0.227. The third-order valence-electron chi connectivity index (χ3n) is 4.68. The number of rotatable bonds is 2. The Morgan fingerprint density at radius 3 is 2.71 bits per heavy atom. The number of amides is 4. The second kappa shape index (κ2) is 6.59. The summed E-state index contributed by atoms with van der Waals surface area (Å²) in [5.41, 5.74) is 1.82. The first-order valence-corrected chi connectivity index (χ1v) is 8.11. The summed E-state index contributed by atoms with van der Waals surface area (Å²) in [7, 11) is 1.41. The standard InChI is InChI=1S/C17H20FN3O3/c1-21-15(22)8-7-14(16(21)23)20-17(24)19-13-4-2-3-10-5-6-11(18)9-12(10)13/h5-6,9,13-14H,2-4,7-8H2,1H3,(H2,19,20,24)/t13-,14?/m1/s1. The van der Waals surface area contributed by atoms with Crippen LogP contribution in [0.4, 0.5) is 9.18 Å². The molecule has 0 saturated carbocycles.